The highest BCUT2D eigenvalue weighted by atomic mass is 16.3. The Balaban J connectivity index is 2.46. The second-order valence-electron chi connectivity index (χ2n) is 1.93. The van der Waals surface area contributed by atoms with Crippen molar-refractivity contribution in [1.82, 2.24) is 15.2 Å². The van der Waals surface area contributed by atoms with E-state index in [1.165, 1.54) is 6.26 Å². The first-order chi connectivity index (χ1) is 5.47. The van der Waals surface area contributed by atoms with Crippen molar-refractivity contribution in [3.05, 3.63) is 31.0 Å². The highest BCUT2D eigenvalue weighted by Crippen LogP contribution is 2.10. The molecule has 0 spiro atoms. The predicted octanol–water partition coefficient (Wildman–Crippen LogP) is 0.932. The Morgan fingerprint density at radius 1 is 1.36 bits per heavy atom. The number of oxazole rings is 1. The van der Waals surface area contributed by atoms with E-state index in [1.807, 2.05) is 0 Å². The summed E-state index contributed by atoms with van der Waals surface area (Å²) in [5, 5.41) is 7.52. The third-order valence-electron chi connectivity index (χ3n) is 1.22. The van der Waals surface area contributed by atoms with E-state index in [2.05, 4.69) is 26.0 Å². The van der Waals surface area contributed by atoms with Gasteiger partial charge >= 0.3 is 0 Å². The first-order valence-electron chi connectivity index (χ1n) is 3.06. The number of hydrogen-bond acceptors (Lipinski definition) is 4. The van der Waals surface area contributed by atoms with E-state index in [4.69, 9.17) is 0 Å². The molecule has 0 amide bonds. The quantitative estimate of drug-likeness (QED) is 0.600. The molecule has 2 rings (SSSR count). The number of rotatable bonds is 1. The van der Waals surface area contributed by atoms with Crippen LogP contribution in [0, 0.1) is 6.39 Å². The summed E-state index contributed by atoms with van der Waals surface area (Å²) in [6.07, 6.45) is 5.42. The summed E-state index contributed by atoms with van der Waals surface area (Å²) in [6, 6.07) is 3.59. The smallest absolute Gasteiger partial charge is 0.284 e. The van der Waals surface area contributed by atoms with E-state index in [0.29, 0.717) is 11.4 Å². The topological polar surface area (TPSA) is 51.8 Å². The third-order valence-corrected chi connectivity index (χ3v) is 1.22. The molecule has 0 saturated carbocycles. The fourth-order valence-electron chi connectivity index (χ4n) is 0.740. The standard InChI is InChI=1S/C7H4N3O/c1-2-6(10-9-3-1)7-4-11-5-8-7/h1-4H. The van der Waals surface area contributed by atoms with Crippen LogP contribution in [0.25, 0.3) is 11.4 Å². The van der Waals surface area contributed by atoms with Crippen LogP contribution in [0.15, 0.2) is 29.0 Å². The Morgan fingerprint density at radius 3 is 3.00 bits per heavy atom. The normalized spacial score (nSPS) is 9.82. The van der Waals surface area contributed by atoms with Crippen LogP contribution in [0.2, 0.25) is 0 Å². The summed E-state index contributed by atoms with van der Waals surface area (Å²) < 4.78 is 4.67. The molecule has 0 aliphatic heterocycles. The van der Waals surface area contributed by atoms with Crippen LogP contribution in [0.1, 0.15) is 0 Å². The first kappa shape index (κ1) is 6.03. The van der Waals surface area contributed by atoms with Gasteiger partial charge in [0.25, 0.3) is 6.39 Å². The van der Waals surface area contributed by atoms with Gasteiger partial charge in [-0.25, -0.2) is 4.98 Å². The summed E-state index contributed by atoms with van der Waals surface area (Å²) in [7, 11) is 0. The second kappa shape index (κ2) is 2.49. The molecule has 1 radical (unpaired) electrons. The molecule has 0 aliphatic rings. The van der Waals surface area contributed by atoms with Gasteiger partial charge in [-0.15, -0.1) is 5.10 Å². The molecule has 2 heterocycles. The molecule has 2 aromatic rings. The van der Waals surface area contributed by atoms with Gasteiger partial charge in [0.2, 0.25) is 0 Å². The molecule has 0 unspecified atom stereocenters. The molecule has 4 heteroatoms. The van der Waals surface area contributed by atoms with Crippen LogP contribution in [-0.4, -0.2) is 15.2 Å². The minimum atomic E-state index is 0.651. The van der Waals surface area contributed by atoms with Crippen molar-refractivity contribution in [2.45, 2.75) is 0 Å². The van der Waals surface area contributed by atoms with Crippen LogP contribution < -0.4 is 0 Å². The molecular weight excluding hydrogens is 142 g/mol. The molecule has 0 atom stereocenters. The number of hydrogen-bond donors (Lipinski definition) is 0. The molecule has 11 heavy (non-hydrogen) atoms. The van der Waals surface area contributed by atoms with Gasteiger partial charge in [0.15, 0.2) is 0 Å². The van der Waals surface area contributed by atoms with Crippen molar-refractivity contribution in [3.63, 3.8) is 0 Å². The largest absolute Gasteiger partial charge is 0.440 e. The van der Waals surface area contributed by atoms with Gasteiger partial charge in [-0.1, -0.05) is 0 Å². The molecule has 0 N–H and O–H groups in total. The summed E-state index contributed by atoms with van der Waals surface area (Å²) in [6.45, 7) is 0. The molecular formula is C7H4N3O. The van der Waals surface area contributed by atoms with Gasteiger partial charge in [-0.05, 0) is 12.1 Å². The average molecular weight is 146 g/mol. The van der Waals surface area contributed by atoms with Gasteiger partial charge < -0.3 is 4.42 Å². The summed E-state index contributed by atoms with van der Waals surface area (Å²) in [5.41, 5.74) is 1.34. The zero-order valence-corrected chi connectivity index (χ0v) is 5.56. The maximum absolute atomic E-state index is 4.67. The van der Waals surface area contributed by atoms with Gasteiger partial charge in [0, 0.05) is 6.20 Å². The lowest BCUT2D eigenvalue weighted by Gasteiger charge is -1.88. The Bertz CT molecular complexity index is 317. The summed E-state index contributed by atoms with van der Waals surface area (Å²) in [5.74, 6) is 0. The van der Waals surface area contributed by atoms with Gasteiger partial charge in [-0.2, -0.15) is 5.10 Å². The Hall–Kier alpha value is -1.71. The Morgan fingerprint density at radius 2 is 2.36 bits per heavy atom. The van der Waals surface area contributed by atoms with Crippen molar-refractivity contribution in [2.24, 2.45) is 0 Å². The summed E-state index contributed by atoms with van der Waals surface area (Å²) in [4.78, 5) is 3.79. The first-order valence-corrected chi connectivity index (χ1v) is 3.06. The lowest BCUT2D eigenvalue weighted by molar-refractivity contribution is 0.548. The Labute approximate surface area is 62.9 Å². The van der Waals surface area contributed by atoms with Crippen molar-refractivity contribution in [3.8, 4) is 11.4 Å². The molecule has 2 aromatic heterocycles. The molecule has 0 fully saturated rings. The second-order valence-corrected chi connectivity index (χ2v) is 1.93. The van der Waals surface area contributed by atoms with Gasteiger partial charge in [-0.3, -0.25) is 0 Å². The number of aromatic nitrogens is 3. The lowest BCUT2D eigenvalue weighted by atomic mass is 10.3. The minimum Gasteiger partial charge on any atom is -0.440 e. The highest BCUT2D eigenvalue weighted by Gasteiger charge is 2.00. The van der Waals surface area contributed by atoms with Crippen LogP contribution in [-0.2, 0) is 0 Å². The number of nitrogens with zero attached hydrogens (tertiary/aromatic N) is 3. The van der Waals surface area contributed by atoms with Crippen molar-refractivity contribution in [1.29, 1.82) is 0 Å². The van der Waals surface area contributed by atoms with Crippen molar-refractivity contribution in [2.75, 3.05) is 0 Å². The van der Waals surface area contributed by atoms with E-state index in [1.54, 1.807) is 18.3 Å². The highest BCUT2D eigenvalue weighted by molar-refractivity contribution is 5.50. The molecule has 0 bridgehead atoms. The van der Waals surface area contributed by atoms with Crippen LogP contribution in [0.5, 0.6) is 0 Å². The molecule has 4 nitrogen and oxygen atoms in total. The Kier molecular flexibility index (Phi) is 1.37. The van der Waals surface area contributed by atoms with Crippen LogP contribution >= 0.6 is 0 Å². The monoisotopic (exact) mass is 146 g/mol. The van der Waals surface area contributed by atoms with E-state index in [-0.39, 0.29) is 0 Å². The van der Waals surface area contributed by atoms with Gasteiger partial charge in [0.05, 0.1) is 0 Å². The van der Waals surface area contributed by atoms with Crippen molar-refractivity contribution < 1.29 is 4.42 Å². The van der Waals surface area contributed by atoms with Gasteiger partial charge in [0.1, 0.15) is 17.7 Å². The predicted molar refractivity (Wildman–Crippen MR) is 36.4 cm³/mol. The zero-order chi connectivity index (χ0) is 7.52. The third kappa shape index (κ3) is 1.10. The molecule has 0 saturated heterocycles. The zero-order valence-electron chi connectivity index (χ0n) is 5.56. The van der Waals surface area contributed by atoms with E-state index < -0.39 is 0 Å². The molecule has 53 valence electrons. The fraction of sp³-hybridized carbons (Fsp3) is 0. The molecule has 0 aliphatic carbocycles. The van der Waals surface area contributed by atoms with Crippen LogP contribution in [0.4, 0.5) is 0 Å². The average Bonchev–Trinajstić information content (AvgIpc) is 2.58. The van der Waals surface area contributed by atoms with Crippen molar-refractivity contribution >= 4 is 0 Å². The van der Waals surface area contributed by atoms with E-state index >= 15 is 0 Å². The minimum absolute atomic E-state index is 0.651. The van der Waals surface area contributed by atoms with E-state index in [0.717, 1.165) is 0 Å². The lowest BCUT2D eigenvalue weighted by Crippen LogP contribution is -1.84. The SMILES string of the molecule is [c]1nc(-c2cccnn2)co1. The molecule has 0 aromatic carbocycles. The summed E-state index contributed by atoms with van der Waals surface area (Å²) >= 11 is 0. The maximum Gasteiger partial charge on any atom is 0.284 e. The van der Waals surface area contributed by atoms with Crippen LogP contribution in [0.3, 0.4) is 0 Å². The van der Waals surface area contributed by atoms with E-state index in [9.17, 15) is 0 Å². The fourth-order valence-corrected chi connectivity index (χ4v) is 0.740. The maximum atomic E-state index is 4.67.